The number of hydrogen-bond donors (Lipinski definition) is 3. The maximum atomic E-state index is 11.5. The van der Waals surface area contributed by atoms with Crippen molar-refractivity contribution in [3.8, 4) is 0 Å². The van der Waals surface area contributed by atoms with Gasteiger partial charge in [-0.2, -0.15) is 0 Å². The van der Waals surface area contributed by atoms with Crippen LogP contribution in [0.4, 0.5) is 0 Å². The molecule has 0 aliphatic rings. The summed E-state index contributed by atoms with van der Waals surface area (Å²) in [5, 5.41) is 16.1. The molecule has 6 heteroatoms. The smallest absolute Gasteiger partial charge is 0.338 e. The van der Waals surface area contributed by atoms with E-state index in [9.17, 15) is 9.59 Å². The van der Waals surface area contributed by atoms with Crippen LogP contribution in [0.25, 0.3) is 0 Å². The van der Waals surface area contributed by atoms with Gasteiger partial charge in [-0.15, -0.1) is 0 Å². The van der Waals surface area contributed by atoms with Gasteiger partial charge in [0.25, 0.3) is 0 Å². The Balaban J connectivity index is 3.38. The molecule has 0 heterocycles. The van der Waals surface area contributed by atoms with E-state index < -0.39 is 11.9 Å². The van der Waals surface area contributed by atoms with Gasteiger partial charge in [0.05, 0.1) is 19.1 Å². The van der Waals surface area contributed by atoms with E-state index in [0.29, 0.717) is 0 Å². The van der Waals surface area contributed by atoms with E-state index in [0.717, 1.165) is 0 Å². The van der Waals surface area contributed by atoms with Gasteiger partial charge in [0.15, 0.2) is 0 Å². The third-order valence-electron chi connectivity index (χ3n) is 2.20. The first-order valence-electron chi connectivity index (χ1n) is 4.73. The highest BCUT2D eigenvalue weighted by atomic mass is 16.5. The molecular weight excluding hydrogens is 224 g/mol. The quantitative estimate of drug-likeness (QED) is 0.397. The predicted molar refractivity (Wildman–Crippen MR) is 60.1 cm³/mol. The Morgan fingerprint density at radius 1 is 1.41 bits per heavy atom. The van der Waals surface area contributed by atoms with Crippen molar-refractivity contribution in [2.75, 3.05) is 7.11 Å². The van der Waals surface area contributed by atoms with Crippen molar-refractivity contribution in [3.63, 3.8) is 0 Å². The highest BCUT2D eigenvalue weighted by molar-refractivity contribution is 6.02. The van der Waals surface area contributed by atoms with E-state index in [1.165, 1.54) is 25.3 Å². The Bertz CT molecular complexity index is 482. The minimum Gasteiger partial charge on any atom is -0.481 e. The van der Waals surface area contributed by atoms with Gasteiger partial charge < -0.3 is 15.6 Å². The van der Waals surface area contributed by atoms with Gasteiger partial charge >= 0.3 is 11.9 Å². The summed E-state index contributed by atoms with van der Waals surface area (Å²) in [5.41, 5.74) is 5.88. The number of carbonyl (C=O) groups is 2. The SMILES string of the molecule is COC(=O)c1cccc(C(=N)N)c1CC(=O)O. The van der Waals surface area contributed by atoms with Crippen molar-refractivity contribution in [1.82, 2.24) is 0 Å². The van der Waals surface area contributed by atoms with Crippen LogP contribution in [0.5, 0.6) is 0 Å². The molecular formula is C11H12N2O4. The van der Waals surface area contributed by atoms with Gasteiger partial charge in [0.2, 0.25) is 0 Å². The molecule has 0 saturated carbocycles. The molecule has 0 saturated heterocycles. The van der Waals surface area contributed by atoms with Crippen LogP contribution in [-0.4, -0.2) is 30.0 Å². The van der Waals surface area contributed by atoms with Crippen LogP contribution in [0, 0.1) is 5.41 Å². The first kappa shape index (κ1) is 12.7. The number of carboxylic acid groups (broad SMARTS) is 1. The Hall–Kier alpha value is -2.37. The highest BCUT2D eigenvalue weighted by Gasteiger charge is 2.18. The topological polar surface area (TPSA) is 113 Å². The molecule has 0 aliphatic carbocycles. The van der Waals surface area contributed by atoms with Crippen LogP contribution < -0.4 is 5.73 Å². The summed E-state index contributed by atoms with van der Waals surface area (Å²) in [6, 6.07) is 4.46. The average Bonchev–Trinajstić information content (AvgIpc) is 2.27. The van der Waals surface area contributed by atoms with E-state index in [-0.39, 0.29) is 28.9 Å². The van der Waals surface area contributed by atoms with E-state index in [1.807, 2.05) is 0 Å². The molecule has 1 aromatic rings. The summed E-state index contributed by atoms with van der Waals surface area (Å²) in [6.45, 7) is 0. The summed E-state index contributed by atoms with van der Waals surface area (Å²) >= 11 is 0. The lowest BCUT2D eigenvalue weighted by molar-refractivity contribution is -0.136. The molecule has 0 amide bonds. The van der Waals surface area contributed by atoms with Gasteiger partial charge in [0, 0.05) is 5.56 Å². The summed E-state index contributed by atoms with van der Waals surface area (Å²) in [6.07, 6.45) is -0.389. The summed E-state index contributed by atoms with van der Waals surface area (Å²) in [4.78, 5) is 22.2. The third-order valence-corrected chi connectivity index (χ3v) is 2.20. The zero-order valence-electron chi connectivity index (χ0n) is 9.19. The van der Waals surface area contributed by atoms with Crippen molar-refractivity contribution in [3.05, 3.63) is 34.9 Å². The monoisotopic (exact) mass is 236 g/mol. The van der Waals surface area contributed by atoms with Crippen molar-refractivity contribution >= 4 is 17.8 Å². The number of nitrogens with two attached hydrogens (primary N) is 1. The molecule has 4 N–H and O–H groups in total. The molecule has 0 aliphatic heterocycles. The van der Waals surface area contributed by atoms with Crippen LogP contribution in [0.2, 0.25) is 0 Å². The van der Waals surface area contributed by atoms with Gasteiger partial charge in [-0.1, -0.05) is 12.1 Å². The number of nitrogens with one attached hydrogen (secondary N) is 1. The molecule has 17 heavy (non-hydrogen) atoms. The Kier molecular flexibility index (Phi) is 3.82. The molecule has 0 atom stereocenters. The average molecular weight is 236 g/mol. The number of esters is 1. The Morgan fingerprint density at radius 3 is 2.47 bits per heavy atom. The molecule has 0 unspecified atom stereocenters. The number of ether oxygens (including phenoxy) is 1. The molecule has 6 nitrogen and oxygen atoms in total. The summed E-state index contributed by atoms with van der Waals surface area (Å²) < 4.78 is 4.55. The molecule has 0 aromatic heterocycles. The standard InChI is InChI=1S/C11H12N2O4/c1-17-11(16)7-4-2-3-6(10(12)13)8(7)5-9(14)15/h2-4H,5H2,1H3,(H3,12,13)(H,14,15). The van der Waals surface area contributed by atoms with E-state index >= 15 is 0 Å². The zero-order valence-corrected chi connectivity index (χ0v) is 9.19. The maximum absolute atomic E-state index is 11.5. The molecule has 0 radical (unpaired) electrons. The van der Waals surface area contributed by atoms with Gasteiger partial charge in [0.1, 0.15) is 5.84 Å². The van der Waals surface area contributed by atoms with Crippen molar-refractivity contribution in [2.24, 2.45) is 5.73 Å². The minimum absolute atomic E-state index is 0.114. The minimum atomic E-state index is -1.11. The molecule has 0 spiro atoms. The number of aliphatic carboxylic acids is 1. The normalized spacial score (nSPS) is 9.71. The number of methoxy groups -OCH3 is 1. The van der Waals surface area contributed by atoms with Gasteiger partial charge in [-0.25, -0.2) is 4.79 Å². The van der Waals surface area contributed by atoms with Crippen LogP contribution in [-0.2, 0) is 16.0 Å². The maximum Gasteiger partial charge on any atom is 0.338 e. The molecule has 0 fully saturated rings. The highest BCUT2D eigenvalue weighted by Crippen LogP contribution is 2.16. The van der Waals surface area contributed by atoms with Crippen LogP contribution in [0.3, 0.4) is 0 Å². The number of hydrogen-bond acceptors (Lipinski definition) is 4. The van der Waals surface area contributed by atoms with Crippen molar-refractivity contribution < 1.29 is 19.4 Å². The van der Waals surface area contributed by atoms with Crippen LogP contribution in [0.1, 0.15) is 21.5 Å². The number of carbonyl (C=O) groups excluding carboxylic acids is 1. The predicted octanol–water partition coefficient (Wildman–Crippen LogP) is 0.384. The van der Waals surface area contributed by atoms with E-state index in [2.05, 4.69) is 4.74 Å². The van der Waals surface area contributed by atoms with Crippen LogP contribution in [0.15, 0.2) is 18.2 Å². The van der Waals surface area contributed by atoms with Gasteiger partial charge in [-0.3, -0.25) is 10.2 Å². The molecule has 90 valence electrons. The number of benzene rings is 1. The lowest BCUT2D eigenvalue weighted by Crippen LogP contribution is -2.19. The largest absolute Gasteiger partial charge is 0.481 e. The van der Waals surface area contributed by atoms with E-state index in [1.54, 1.807) is 0 Å². The number of nitrogen functional groups attached to an aromatic ring is 1. The molecule has 1 rings (SSSR count). The molecule has 0 bridgehead atoms. The fraction of sp³-hybridized carbons (Fsp3) is 0.182. The number of rotatable bonds is 4. The molecule has 1 aromatic carbocycles. The lowest BCUT2D eigenvalue weighted by Gasteiger charge is -2.10. The Labute approximate surface area is 97.5 Å². The first-order chi connectivity index (χ1) is 7.97. The number of carboxylic acids is 1. The second kappa shape index (κ2) is 5.11. The number of amidine groups is 1. The third kappa shape index (κ3) is 2.81. The second-order valence-electron chi connectivity index (χ2n) is 3.31. The summed E-state index contributed by atoms with van der Waals surface area (Å²) in [7, 11) is 1.20. The van der Waals surface area contributed by atoms with Gasteiger partial charge in [-0.05, 0) is 11.6 Å². The van der Waals surface area contributed by atoms with Crippen LogP contribution >= 0.6 is 0 Å². The fourth-order valence-electron chi connectivity index (χ4n) is 1.48. The van der Waals surface area contributed by atoms with Crippen molar-refractivity contribution in [2.45, 2.75) is 6.42 Å². The first-order valence-corrected chi connectivity index (χ1v) is 4.73. The second-order valence-corrected chi connectivity index (χ2v) is 3.31. The van der Waals surface area contributed by atoms with Crippen molar-refractivity contribution in [1.29, 1.82) is 5.41 Å². The van der Waals surface area contributed by atoms with E-state index in [4.69, 9.17) is 16.2 Å². The zero-order chi connectivity index (χ0) is 13.0. The summed E-state index contributed by atoms with van der Waals surface area (Å²) in [5.74, 6) is -2.04. The fourth-order valence-corrected chi connectivity index (χ4v) is 1.48. The Morgan fingerprint density at radius 2 is 2.00 bits per heavy atom. The lowest BCUT2D eigenvalue weighted by atomic mass is 9.97.